The van der Waals surface area contributed by atoms with Crippen molar-refractivity contribution in [2.24, 2.45) is 0 Å². The summed E-state index contributed by atoms with van der Waals surface area (Å²) in [5, 5.41) is 11.3. The number of rotatable bonds is 2. The van der Waals surface area contributed by atoms with E-state index in [9.17, 15) is 5.11 Å². The molecule has 1 aliphatic heterocycles. The molecule has 18 heavy (non-hydrogen) atoms. The molecule has 7 nitrogen and oxygen atoms in total. The Labute approximate surface area is 109 Å². The van der Waals surface area contributed by atoms with E-state index in [0.29, 0.717) is 0 Å². The number of nitrogens with one attached hydrogen (secondary N) is 3. The zero-order valence-corrected chi connectivity index (χ0v) is 11.5. The van der Waals surface area contributed by atoms with Crippen LogP contribution in [-0.4, -0.2) is 50.1 Å². The number of nitrogens with zero attached hydrogens (tertiary/aromatic N) is 1. The van der Waals surface area contributed by atoms with Crippen molar-refractivity contribution in [3.8, 4) is 0 Å². The van der Waals surface area contributed by atoms with Crippen LogP contribution in [0.1, 0.15) is 32.1 Å². The SMILES string of the molecule is COC1CCCCC(O)NN(C)NNC(OC)C1. The second kappa shape index (κ2) is 8.76. The molecule has 0 radical (unpaired) electrons. The molecule has 0 aromatic rings. The highest BCUT2D eigenvalue weighted by atomic mass is 16.5. The minimum absolute atomic E-state index is 0.143. The van der Waals surface area contributed by atoms with Crippen molar-refractivity contribution in [3.63, 3.8) is 0 Å². The van der Waals surface area contributed by atoms with Crippen LogP contribution in [0.15, 0.2) is 0 Å². The topological polar surface area (TPSA) is 78.0 Å². The summed E-state index contributed by atoms with van der Waals surface area (Å²) >= 11 is 0. The van der Waals surface area contributed by atoms with E-state index in [2.05, 4.69) is 16.4 Å². The lowest BCUT2D eigenvalue weighted by molar-refractivity contribution is -0.0515. The molecule has 0 aromatic heterocycles. The highest BCUT2D eigenvalue weighted by Crippen LogP contribution is 2.13. The standard InChI is InChI=1S/C11H26N4O3/c1-15-13-10(16)7-5-4-6-9(17-2)8-11(18-3)12-14-15/h9-14,16H,4-8H2,1-3H3. The minimum atomic E-state index is -0.550. The van der Waals surface area contributed by atoms with Gasteiger partial charge in [-0.1, -0.05) is 6.42 Å². The van der Waals surface area contributed by atoms with Gasteiger partial charge >= 0.3 is 0 Å². The Morgan fingerprint density at radius 3 is 2.56 bits per heavy atom. The molecule has 0 aromatic carbocycles. The first-order valence-corrected chi connectivity index (χ1v) is 6.40. The summed E-state index contributed by atoms with van der Waals surface area (Å²) in [6, 6.07) is 0. The van der Waals surface area contributed by atoms with Crippen molar-refractivity contribution >= 4 is 0 Å². The van der Waals surface area contributed by atoms with E-state index in [1.54, 1.807) is 26.4 Å². The maximum Gasteiger partial charge on any atom is 0.123 e. The van der Waals surface area contributed by atoms with Crippen molar-refractivity contribution in [2.45, 2.75) is 50.7 Å². The molecule has 1 saturated heterocycles. The fourth-order valence-corrected chi connectivity index (χ4v) is 1.98. The summed E-state index contributed by atoms with van der Waals surface area (Å²) in [6.07, 6.45) is 3.94. The van der Waals surface area contributed by atoms with Gasteiger partial charge in [-0.15, -0.1) is 0 Å². The number of ether oxygens (including phenoxy) is 2. The van der Waals surface area contributed by atoms with E-state index < -0.39 is 6.23 Å². The molecule has 7 heteroatoms. The second-order valence-corrected chi connectivity index (χ2v) is 4.56. The fourth-order valence-electron chi connectivity index (χ4n) is 1.98. The molecule has 1 rings (SSSR count). The molecule has 1 heterocycles. The molecule has 0 bridgehead atoms. The number of aliphatic hydroxyl groups excluding tert-OH is 1. The summed E-state index contributed by atoms with van der Waals surface area (Å²) < 4.78 is 10.8. The third-order valence-electron chi connectivity index (χ3n) is 3.08. The predicted octanol–water partition coefficient (Wildman–Crippen LogP) is -0.298. The van der Waals surface area contributed by atoms with Gasteiger partial charge in [0.25, 0.3) is 0 Å². The average molecular weight is 262 g/mol. The fraction of sp³-hybridized carbons (Fsp3) is 1.00. The molecule has 0 amide bonds. The molecule has 4 N–H and O–H groups in total. The molecule has 0 saturated carbocycles. The summed E-state index contributed by atoms with van der Waals surface area (Å²) in [5.74, 6) is 0. The third-order valence-corrected chi connectivity index (χ3v) is 3.08. The largest absolute Gasteiger partial charge is 0.381 e. The monoisotopic (exact) mass is 262 g/mol. The Bertz CT molecular complexity index is 220. The van der Waals surface area contributed by atoms with Crippen molar-refractivity contribution in [3.05, 3.63) is 0 Å². The highest BCUT2D eigenvalue weighted by Gasteiger charge is 2.17. The summed E-state index contributed by atoms with van der Waals surface area (Å²) in [6.45, 7) is 0. The normalized spacial score (nSPS) is 33.7. The van der Waals surface area contributed by atoms with Crippen LogP contribution in [0, 0.1) is 0 Å². The van der Waals surface area contributed by atoms with E-state index in [4.69, 9.17) is 9.47 Å². The first kappa shape index (κ1) is 15.8. The lowest BCUT2D eigenvalue weighted by Crippen LogP contribution is -2.58. The van der Waals surface area contributed by atoms with E-state index >= 15 is 0 Å². The number of hydrogen-bond donors (Lipinski definition) is 4. The second-order valence-electron chi connectivity index (χ2n) is 4.56. The molecule has 0 spiro atoms. The van der Waals surface area contributed by atoms with Crippen molar-refractivity contribution in [2.75, 3.05) is 21.3 Å². The zero-order valence-electron chi connectivity index (χ0n) is 11.5. The predicted molar refractivity (Wildman–Crippen MR) is 67.9 cm³/mol. The lowest BCUT2D eigenvalue weighted by Gasteiger charge is -2.29. The maximum absolute atomic E-state index is 9.73. The molecule has 1 fully saturated rings. The number of methoxy groups -OCH3 is 2. The quantitative estimate of drug-likeness (QED) is 0.544. The van der Waals surface area contributed by atoms with Gasteiger partial charge in [0.1, 0.15) is 12.5 Å². The first-order valence-electron chi connectivity index (χ1n) is 6.40. The maximum atomic E-state index is 9.73. The molecule has 0 aliphatic carbocycles. The van der Waals surface area contributed by atoms with Gasteiger partial charge in [0.05, 0.1) is 6.10 Å². The highest BCUT2D eigenvalue weighted by molar-refractivity contribution is 4.65. The van der Waals surface area contributed by atoms with Gasteiger partial charge in [0.2, 0.25) is 0 Å². The molecular weight excluding hydrogens is 236 g/mol. The Balaban J connectivity index is 2.51. The van der Waals surface area contributed by atoms with Gasteiger partial charge < -0.3 is 14.6 Å². The van der Waals surface area contributed by atoms with E-state index in [1.807, 2.05) is 0 Å². The average Bonchev–Trinajstić information content (AvgIpc) is 2.35. The number of hydrogen-bond acceptors (Lipinski definition) is 7. The zero-order chi connectivity index (χ0) is 13.4. The number of hydrazine groups is 3. The van der Waals surface area contributed by atoms with Crippen LogP contribution in [0.3, 0.4) is 0 Å². The van der Waals surface area contributed by atoms with Crippen molar-refractivity contribution in [1.82, 2.24) is 21.5 Å². The summed E-state index contributed by atoms with van der Waals surface area (Å²) in [5.41, 5.74) is 8.83. The Morgan fingerprint density at radius 1 is 1.17 bits per heavy atom. The van der Waals surface area contributed by atoms with Gasteiger partial charge in [0, 0.05) is 27.7 Å². The summed E-state index contributed by atoms with van der Waals surface area (Å²) in [4.78, 5) is 0. The van der Waals surface area contributed by atoms with E-state index in [1.165, 1.54) is 0 Å². The van der Waals surface area contributed by atoms with Crippen molar-refractivity contribution < 1.29 is 14.6 Å². The van der Waals surface area contributed by atoms with Crippen LogP contribution in [0.2, 0.25) is 0 Å². The molecule has 3 unspecified atom stereocenters. The van der Waals surface area contributed by atoms with Gasteiger partial charge in [-0.05, 0) is 19.3 Å². The molecule has 1 aliphatic rings. The van der Waals surface area contributed by atoms with Crippen molar-refractivity contribution in [1.29, 1.82) is 0 Å². The lowest BCUT2D eigenvalue weighted by atomic mass is 10.1. The van der Waals surface area contributed by atoms with Gasteiger partial charge in [-0.25, -0.2) is 10.9 Å². The first-order chi connectivity index (χ1) is 8.65. The van der Waals surface area contributed by atoms with Crippen LogP contribution in [-0.2, 0) is 9.47 Å². The van der Waals surface area contributed by atoms with E-state index in [-0.39, 0.29) is 12.3 Å². The van der Waals surface area contributed by atoms with Crippen LogP contribution in [0.25, 0.3) is 0 Å². The van der Waals surface area contributed by atoms with Gasteiger partial charge in [-0.3, -0.25) is 0 Å². The Hall–Kier alpha value is -0.280. The molecule has 3 atom stereocenters. The summed E-state index contributed by atoms with van der Waals surface area (Å²) in [7, 11) is 5.15. The molecule has 108 valence electrons. The van der Waals surface area contributed by atoms with Crippen LogP contribution in [0.4, 0.5) is 0 Å². The van der Waals surface area contributed by atoms with E-state index in [0.717, 1.165) is 32.1 Å². The van der Waals surface area contributed by atoms with Crippen LogP contribution < -0.4 is 16.4 Å². The smallest absolute Gasteiger partial charge is 0.123 e. The van der Waals surface area contributed by atoms with Crippen LogP contribution >= 0.6 is 0 Å². The van der Waals surface area contributed by atoms with Gasteiger partial charge in [0.15, 0.2) is 0 Å². The minimum Gasteiger partial charge on any atom is -0.381 e. The third kappa shape index (κ3) is 6.05. The Morgan fingerprint density at radius 2 is 1.89 bits per heavy atom. The Kier molecular flexibility index (Phi) is 7.68. The van der Waals surface area contributed by atoms with Gasteiger partial charge in [-0.2, -0.15) is 10.7 Å². The molecular formula is C11H26N4O3. The van der Waals surface area contributed by atoms with Crippen LogP contribution in [0.5, 0.6) is 0 Å². The number of aliphatic hydroxyl groups is 1.